The van der Waals surface area contributed by atoms with Crippen molar-refractivity contribution in [2.45, 2.75) is 44.8 Å². The molecule has 0 saturated carbocycles. The Hall–Kier alpha value is -3.68. The van der Waals surface area contributed by atoms with E-state index in [9.17, 15) is 27.8 Å². The maximum absolute atomic E-state index is 13.7. The van der Waals surface area contributed by atoms with Gasteiger partial charge in [0.15, 0.2) is 5.82 Å². The van der Waals surface area contributed by atoms with Crippen molar-refractivity contribution in [2.75, 3.05) is 10.6 Å². The standard InChI is InChI=1S/C24H27FN4O7S/c1-14(2)22-19(9-8-17(30)12-18(31)13-21(32)33)23(15-4-6-16(25)7-5-15)27-24(26-22)29(37(3,34)35)20-10-11-36-28-20/h4-11,14,17-18,30-31H,12-13H2,1-3H3,(H,32,33)/t17-,18-/m1/s1. The first kappa shape index (κ1) is 27.9. The molecule has 1 aromatic carbocycles. The molecule has 0 saturated heterocycles. The molecule has 13 heteroatoms. The smallest absolute Gasteiger partial charge is 0.305 e. The molecule has 11 nitrogen and oxygen atoms in total. The van der Waals surface area contributed by atoms with Gasteiger partial charge in [-0.1, -0.05) is 31.2 Å². The van der Waals surface area contributed by atoms with Gasteiger partial charge in [-0.2, -0.15) is 4.31 Å². The van der Waals surface area contributed by atoms with E-state index < -0.39 is 40.4 Å². The van der Waals surface area contributed by atoms with Crippen molar-refractivity contribution in [1.82, 2.24) is 15.1 Å². The summed E-state index contributed by atoms with van der Waals surface area (Å²) in [5.74, 6) is -2.21. The molecular formula is C24H27FN4O7S. The van der Waals surface area contributed by atoms with Crippen LogP contribution in [0.25, 0.3) is 17.3 Å². The van der Waals surface area contributed by atoms with E-state index in [-0.39, 0.29) is 29.8 Å². The number of halogens is 1. The summed E-state index contributed by atoms with van der Waals surface area (Å²) in [7, 11) is -3.96. The average molecular weight is 535 g/mol. The highest BCUT2D eigenvalue weighted by Crippen LogP contribution is 2.34. The van der Waals surface area contributed by atoms with Crippen LogP contribution < -0.4 is 4.31 Å². The van der Waals surface area contributed by atoms with Gasteiger partial charge in [0.1, 0.15) is 12.1 Å². The highest BCUT2D eigenvalue weighted by atomic mass is 32.2. The Morgan fingerprint density at radius 1 is 1.16 bits per heavy atom. The first-order valence-electron chi connectivity index (χ1n) is 11.2. The van der Waals surface area contributed by atoms with Gasteiger partial charge in [-0.25, -0.2) is 22.8 Å². The third-order valence-electron chi connectivity index (χ3n) is 5.18. The Kier molecular flexibility index (Phi) is 8.73. The van der Waals surface area contributed by atoms with Crippen molar-refractivity contribution >= 4 is 33.8 Å². The molecule has 0 bridgehead atoms. The van der Waals surface area contributed by atoms with E-state index in [0.717, 1.165) is 10.6 Å². The van der Waals surface area contributed by atoms with Crippen molar-refractivity contribution in [2.24, 2.45) is 0 Å². The minimum atomic E-state index is -3.96. The zero-order valence-electron chi connectivity index (χ0n) is 20.3. The SMILES string of the molecule is CC(C)c1nc(N(c2ccon2)S(C)(=O)=O)nc(-c2ccc(F)cc2)c1C=C[C@@H](O)C[C@@H](O)CC(=O)O. The number of nitrogens with zero attached hydrogens (tertiary/aromatic N) is 4. The number of hydrogen-bond acceptors (Lipinski definition) is 9. The summed E-state index contributed by atoms with van der Waals surface area (Å²) < 4.78 is 44.7. The van der Waals surface area contributed by atoms with Gasteiger partial charge in [0.25, 0.3) is 0 Å². The molecule has 0 aliphatic rings. The van der Waals surface area contributed by atoms with Crippen LogP contribution in [0.2, 0.25) is 0 Å². The van der Waals surface area contributed by atoms with Crippen LogP contribution in [0.15, 0.2) is 47.2 Å². The van der Waals surface area contributed by atoms with E-state index in [2.05, 4.69) is 15.1 Å². The Bertz CT molecular complexity index is 1360. The van der Waals surface area contributed by atoms with E-state index in [1.807, 2.05) is 13.8 Å². The first-order chi connectivity index (χ1) is 17.4. The molecule has 3 N–H and O–H groups in total. The van der Waals surface area contributed by atoms with Crippen LogP contribution in [0, 0.1) is 5.82 Å². The summed E-state index contributed by atoms with van der Waals surface area (Å²) in [6.45, 7) is 3.65. The zero-order chi connectivity index (χ0) is 27.3. The first-order valence-corrected chi connectivity index (χ1v) is 13.1. The van der Waals surface area contributed by atoms with Crippen LogP contribution in [0.5, 0.6) is 0 Å². The topological polar surface area (TPSA) is 167 Å². The maximum atomic E-state index is 13.7. The Morgan fingerprint density at radius 2 is 1.84 bits per heavy atom. The van der Waals surface area contributed by atoms with Crippen LogP contribution in [-0.2, 0) is 14.8 Å². The molecule has 198 valence electrons. The molecule has 2 atom stereocenters. The number of carboxylic acids is 1. The average Bonchev–Trinajstić information content (AvgIpc) is 3.30. The van der Waals surface area contributed by atoms with Crippen LogP contribution >= 0.6 is 0 Å². The third kappa shape index (κ3) is 7.18. The predicted molar refractivity (Wildman–Crippen MR) is 133 cm³/mol. The maximum Gasteiger partial charge on any atom is 0.305 e. The fourth-order valence-corrected chi connectivity index (χ4v) is 4.39. The number of anilines is 2. The van der Waals surface area contributed by atoms with Crippen LogP contribution in [-0.4, -0.2) is 63.3 Å². The van der Waals surface area contributed by atoms with Gasteiger partial charge in [0.2, 0.25) is 16.0 Å². The minimum Gasteiger partial charge on any atom is -0.481 e. The summed E-state index contributed by atoms with van der Waals surface area (Å²) in [4.78, 5) is 19.8. The molecule has 0 fully saturated rings. The number of aliphatic hydroxyl groups excluding tert-OH is 2. The molecule has 0 aliphatic carbocycles. The summed E-state index contributed by atoms with van der Waals surface area (Å²) in [5.41, 5.74) is 1.53. The predicted octanol–water partition coefficient (Wildman–Crippen LogP) is 3.09. The molecular weight excluding hydrogens is 507 g/mol. The lowest BCUT2D eigenvalue weighted by atomic mass is 9.97. The molecule has 0 radical (unpaired) electrons. The van der Waals surface area contributed by atoms with Gasteiger partial charge in [0, 0.05) is 23.6 Å². The summed E-state index contributed by atoms with van der Waals surface area (Å²) >= 11 is 0. The van der Waals surface area contributed by atoms with Gasteiger partial charge >= 0.3 is 5.97 Å². The fraction of sp³-hybridized carbons (Fsp3) is 0.333. The summed E-state index contributed by atoms with van der Waals surface area (Å²) in [6.07, 6.45) is 1.83. The molecule has 0 aliphatic heterocycles. The molecule has 2 aromatic heterocycles. The van der Waals surface area contributed by atoms with Crippen molar-refractivity contribution in [3.63, 3.8) is 0 Å². The summed E-state index contributed by atoms with van der Waals surface area (Å²) in [6, 6.07) is 6.72. The lowest BCUT2D eigenvalue weighted by Crippen LogP contribution is -2.27. The molecule has 37 heavy (non-hydrogen) atoms. The van der Waals surface area contributed by atoms with E-state index in [1.54, 1.807) is 0 Å². The Balaban J connectivity index is 2.19. The Labute approximate surface area is 213 Å². The second-order valence-corrected chi connectivity index (χ2v) is 10.5. The highest BCUT2D eigenvalue weighted by Gasteiger charge is 2.28. The second-order valence-electron chi connectivity index (χ2n) is 8.63. The number of aromatic nitrogens is 3. The fourth-order valence-electron chi connectivity index (χ4n) is 3.58. The van der Waals surface area contributed by atoms with Crippen LogP contribution in [0.4, 0.5) is 16.2 Å². The van der Waals surface area contributed by atoms with Crippen LogP contribution in [0.3, 0.4) is 0 Å². The number of aliphatic carboxylic acids is 1. The number of sulfonamides is 1. The molecule has 0 spiro atoms. The summed E-state index contributed by atoms with van der Waals surface area (Å²) in [5, 5.41) is 32.7. The monoisotopic (exact) mass is 534 g/mol. The number of hydrogen-bond donors (Lipinski definition) is 3. The van der Waals surface area contributed by atoms with Gasteiger partial charge in [-0.05, 0) is 30.2 Å². The minimum absolute atomic E-state index is 0.0617. The quantitative estimate of drug-likeness (QED) is 0.332. The Morgan fingerprint density at radius 3 is 2.38 bits per heavy atom. The van der Waals surface area contributed by atoms with Gasteiger partial charge in [-0.3, -0.25) is 4.79 Å². The van der Waals surface area contributed by atoms with E-state index in [1.165, 1.54) is 48.7 Å². The second kappa shape index (κ2) is 11.6. The lowest BCUT2D eigenvalue weighted by Gasteiger charge is -2.21. The third-order valence-corrected chi connectivity index (χ3v) is 6.20. The van der Waals surface area contributed by atoms with E-state index in [4.69, 9.17) is 9.63 Å². The van der Waals surface area contributed by atoms with Crippen molar-refractivity contribution in [3.05, 3.63) is 59.7 Å². The normalized spacial score (nSPS) is 13.7. The van der Waals surface area contributed by atoms with Gasteiger partial charge in [0.05, 0.1) is 36.3 Å². The zero-order valence-corrected chi connectivity index (χ0v) is 21.1. The number of carboxylic acid groups (broad SMARTS) is 1. The highest BCUT2D eigenvalue weighted by molar-refractivity contribution is 7.92. The molecule has 2 heterocycles. The molecule has 3 rings (SSSR count). The van der Waals surface area contributed by atoms with E-state index in [0.29, 0.717) is 16.8 Å². The number of carbonyl (C=O) groups is 1. The van der Waals surface area contributed by atoms with Crippen LogP contribution in [0.1, 0.15) is 43.9 Å². The lowest BCUT2D eigenvalue weighted by molar-refractivity contribution is -0.139. The molecule has 0 amide bonds. The van der Waals surface area contributed by atoms with Crippen molar-refractivity contribution in [3.8, 4) is 11.3 Å². The molecule has 3 aromatic rings. The molecule has 0 unspecified atom stereocenters. The van der Waals surface area contributed by atoms with E-state index >= 15 is 0 Å². The number of aliphatic hydroxyl groups is 2. The van der Waals surface area contributed by atoms with Crippen molar-refractivity contribution < 1.29 is 37.4 Å². The largest absolute Gasteiger partial charge is 0.481 e. The van der Waals surface area contributed by atoms with Gasteiger partial charge < -0.3 is 19.8 Å². The van der Waals surface area contributed by atoms with Gasteiger partial charge in [-0.15, -0.1) is 0 Å². The van der Waals surface area contributed by atoms with Crippen molar-refractivity contribution in [1.29, 1.82) is 0 Å². The number of rotatable bonds is 11. The number of benzene rings is 1.